The van der Waals surface area contributed by atoms with Crippen LogP contribution in [0.1, 0.15) is 110 Å². The van der Waals surface area contributed by atoms with Crippen molar-refractivity contribution in [2.24, 2.45) is 23.1 Å². The average Bonchev–Trinajstić information content (AvgIpc) is 1.67. The zero-order chi connectivity index (χ0) is 82.0. The fourth-order valence-electron chi connectivity index (χ4n) is 10.6. The summed E-state index contributed by atoms with van der Waals surface area (Å²) in [5, 5.41) is 67.6. The largest absolute Gasteiger partial charge is 0.481 e. The number of hydrogen-bond acceptors (Lipinski definition) is 26. The summed E-state index contributed by atoms with van der Waals surface area (Å²) < 4.78 is 22.0. The van der Waals surface area contributed by atoms with E-state index in [9.17, 15) is 91.7 Å². The fraction of sp³-hybridized carbons (Fsp3) is 0.723. The molecule has 0 aromatic heterocycles. The molecule has 3 saturated heterocycles. The Bertz CT molecular complexity index is 3110. The van der Waals surface area contributed by atoms with E-state index in [0.29, 0.717) is 31.1 Å². The third-order valence-electron chi connectivity index (χ3n) is 16.5. The van der Waals surface area contributed by atoms with Crippen LogP contribution in [-0.4, -0.2) is 299 Å². The highest BCUT2D eigenvalue weighted by molar-refractivity contribution is 8.76. The Balaban J connectivity index is 1.32. The molecule has 25 N–H and O–H groups in total. The maximum atomic E-state index is 14.0. The first-order valence-electron chi connectivity index (χ1n) is 36.4. The molecule has 111 heavy (non-hydrogen) atoms. The fourth-order valence-corrected chi connectivity index (χ4v) is 14.4. The number of thioether (sulfide) groups is 1. The molecule has 0 bridgehead atoms. The first-order chi connectivity index (χ1) is 52.9. The van der Waals surface area contributed by atoms with Gasteiger partial charge in [0.2, 0.25) is 82.7 Å². The Morgan fingerprint density at radius 3 is 1.54 bits per heavy atom. The van der Waals surface area contributed by atoms with Gasteiger partial charge in [-0.2, -0.15) is 11.8 Å². The molecule has 0 aliphatic carbocycles. The number of unbranched alkanes of at least 4 members (excludes halogenated alkanes) is 2. The SMILES string of the molecule is CC(C)[C@H]1NC(=O)[C@@H](CC(=O)O)NC(=O)[C@H](CC(=O)O)NC(=O)CNC(=O)[C@H](CCCNC(=N)N)NC(=O)CNC(=O)[C@H](N)CSSC[C@H](C(=O)NCCOCCOCCNC(=O)CCC(=O)NCCOCCOCCNC(=O)CCC(=O)N[C@@H](CCCCNC(=O)CCCC[C@@H]2SC[C@@H]3NC(=O)N[C@@H]32)C(N)=O)NC1=O. The summed E-state index contributed by atoms with van der Waals surface area (Å²) >= 11 is 1.84. The van der Waals surface area contributed by atoms with Crippen LogP contribution in [0.2, 0.25) is 0 Å². The molecule has 0 radical (unpaired) electrons. The molecule has 0 aromatic rings. The van der Waals surface area contributed by atoms with Gasteiger partial charge in [0.15, 0.2) is 5.96 Å². The zero-order valence-electron chi connectivity index (χ0n) is 62.3. The smallest absolute Gasteiger partial charge is 0.315 e. The molecule has 10 atom stereocenters. The number of carbonyl (C=O) groups excluding carboxylic acids is 15. The predicted octanol–water partition coefficient (Wildman–Crippen LogP) is -7.69. The summed E-state index contributed by atoms with van der Waals surface area (Å²) in [6, 6.07) is -10.1. The third-order valence-corrected chi connectivity index (χ3v) is 20.4. The van der Waals surface area contributed by atoms with E-state index in [2.05, 4.69) is 85.1 Å². The highest BCUT2D eigenvalue weighted by Gasteiger charge is 2.43. The molecular weight excluding hydrogens is 1530 g/mol. The summed E-state index contributed by atoms with van der Waals surface area (Å²) in [6.07, 6.45) is 1.62. The van der Waals surface area contributed by atoms with Crippen LogP contribution >= 0.6 is 33.3 Å². The monoisotopic (exact) mass is 1630 g/mol. The number of rotatable bonds is 46. The van der Waals surface area contributed by atoms with Gasteiger partial charge in [0.25, 0.3) is 0 Å². The minimum absolute atomic E-state index is 0.0498. The number of urea groups is 1. The number of aliphatic carboxylic acids is 2. The Morgan fingerprint density at radius 2 is 0.991 bits per heavy atom. The highest BCUT2D eigenvalue weighted by atomic mass is 33.1. The summed E-state index contributed by atoms with van der Waals surface area (Å²) in [5.74, 6) is -14.2. The predicted molar refractivity (Wildman–Crippen MR) is 403 cm³/mol. The van der Waals surface area contributed by atoms with E-state index in [1.54, 1.807) is 0 Å². The lowest BCUT2D eigenvalue weighted by Crippen LogP contribution is -2.60. The lowest BCUT2D eigenvalue weighted by atomic mass is 10.0. The Hall–Kier alpha value is -9.09. The number of carbonyl (C=O) groups is 17. The molecule has 626 valence electrons. The van der Waals surface area contributed by atoms with E-state index >= 15 is 0 Å². The van der Waals surface area contributed by atoms with Gasteiger partial charge in [-0.15, -0.1) is 0 Å². The van der Waals surface area contributed by atoms with Crippen LogP contribution in [0.3, 0.4) is 0 Å². The van der Waals surface area contributed by atoms with Gasteiger partial charge < -0.3 is 131 Å². The lowest BCUT2D eigenvalue weighted by molar-refractivity contribution is -0.143. The Morgan fingerprint density at radius 1 is 0.495 bits per heavy atom. The third kappa shape index (κ3) is 43.3. The van der Waals surface area contributed by atoms with Crippen LogP contribution in [0.5, 0.6) is 0 Å². The number of carboxylic acid groups (broad SMARTS) is 2. The van der Waals surface area contributed by atoms with Crippen LogP contribution in [0.4, 0.5) is 4.79 Å². The molecule has 46 heteroatoms. The summed E-state index contributed by atoms with van der Waals surface area (Å²) in [5.41, 5.74) is 16.9. The second-order valence-corrected chi connectivity index (χ2v) is 29.7. The van der Waals surface area contributed by atoms with Crippen molar-refractivity contribution in [1.29, 1.82) is 5.41 Å². The molecule has 0 unspecified atom stereocenters. The second-order valence-electron chi connectivity index (χ2n) is 25.9. The molecular formula is C65H110N20O23S3. The van der Waals surface area contributed by atoms with E-state index in [1.165, 1.54) is 13.8 Å². The highest BCUT2D eigenvalue weighted by Crippen LogP contribution is 2.33. The van der Waals surface area contributed by atoms with Crippen molar-refractivity contribution in [2.45, 2.75) is 170 Å². The zero-order valence-corrected chi connectivity index (χ0v) is 64.8. The molecule has 3 rings (SSSR count). The van der Waals surface area contributed by atoms with Gasteiger partial charge in [-0.05, 0) is 50.9 Å². The first-order valence-corrected chi connectivity index (χ1v) is 40.0. The second kappa shape index (κ2) is 55.3. The number of primary amides is 1. The lowest BCUT2D eigenvalue weighted by Gasteiger charge is -2.27. The van der Waals surface area contributed by atoms with Crippen molar-refractivity contribution in [3.63, 3.8) is 0 Å². The summed E-state index contributed by atoms with van der Waals surface area (Å²) in [7, 11) is 2.02. The van der Waals surface area contributed by atoms with Gasteiger partial charge in [0.1, 0.15) is 36.3 Å². The van der Waals surface area contributed by atoms with Gasteiger partial charge in [0, 0.05) is 93.9 Å². The van der Waals surface area contributed by atoms with Crippen molar-refractivity contribution >= 4 is 140 Å². The molecule has 16 amide bonds. The van der Waals surface area contributed by atoms with Gasteiger partial charge in [0.05, 0.1) is 96.9 Å². The maximum Gasteiger partial charge on any atom is 0.315 e. The minimum atomic E-state index is -1.97. The van der Waals surface area contributed by atoms with E-state index in [0.717, 1.165) is 46.6 Å². The standard InChI is InChI=1S/C65H110N20O23S3/c1-37(2)55-63(103)82-44(36-111-110-34-38(66)58(98)76-32-51(91)79-40(9-7-17-75-64(68)69)59(99)77-33-52(92)80-41(30-53(93)94)61(101)81-42(31-54(95)96)62(102)84-55)60(100)74-21-25-108-29-28-107-23-19-72-48(88)13-12-47(87)71-18-22-105-26-27-106-24-20-73-49(89)14-15-50(90)78-39(57(67)97)8-5-6-16-70-46(86)11-4-3-10-45-56-43(35-109-45)83-65(104)85-56/h37-45,55-56H,3-36,66H2,1-2H3,(H2,67,97)(H,70,86)(H,71,87)(H,72,88)(H,73,89)(H,74,100)(H,76,98)(H,77,99)(H,78,90)(H,79,91)(H,80,92)(H,81,101)(H,82,103)(H,84,102)(H,93,94)(H,95,96)(H4,68,69,75)(H2,83,85,104)/t38-,39+,40+,41+,42-,43+,44-,45+,55-,56+/m1/s1. The molecule has 3 fully saturated rings. The van der Waals surface area contributed by atoms with Gasteiger partial charge in [-0.1, -0.05) is 41.9 Å². The number of ether oxygens (including phenoxy) is 4. The maximum absolute atomic E-state index is 14.0. The van der Waals surface area contributed by atoms with Gasteiger partial charge >= 0.3 is 18.0 Å². The van der Waals surface area contributed by atoms with Gasteiger partial charge in [-0.25, -0.2) is 4.79 Å². The Kier molecular flexibility index (Phi) is 47.9. The van der Waals surface area contributed by atoms with Crippen LogP contribution in [-0.2, 0) is 95.7 Å². The van der Waals surface area contributed by atoms with Crippen molar-refractivity contribution in [2.75, 3.05) is 122 Å². The molecule has 0 spiro atoms. The van der Waals surface area contributed by atoms with Crippen molar-refractivity contribution in [3.8, 4) is 0 Å². The normalized spacial score (nSPS) is 21.3. The van der Waals surface area contributed by atoms with Crippen molar-refractivity contribution < 1.29 is 111 Å². The molecule has 43 nitrogen and oxygen atoms in total. The van der Waals surface area contributed by atoms with Crippen LogP contribution in [0, 0.1) is 11.3 Å². The average molecular weight is 1640 g/mol. The number of nitrogens with two attached hydrogens (primary N) is 3. The van der Waals surface area contributed by atoms with Crippen LogP contribution < -0.4 is 102 Å². The molecule has 0 saturated carbocycles. The summed E-state index contributed by atoms with van der Waals surface area (Å²) in [4.78, 5) is 216. The number of guanidine groups is 1. The van der Waals surface area contributed by atoms with Crippen LogP contribution in [0.25, 0.3) is 0 Å². The number of fused-ring (bicyclic) bond motifs is 1. The van der Waals surface area contributed by atoms with Gasteiger partial charge in [-0.3, -0.25) is 82.1 Å². The number of carboxylic acids is 2. The topological polar surface area (TPSA) is 662 Å². The molecule has 0 aromatic carbocycles. The van der Waals surface area contributed by atoms with Crippen molar-refractivity contribution in [1.82, 2.24) is 85.1 Å². The quantitative estimate of drug-likeness (QED) is 0.00885. The van der Waals surface area contributed by atoms with Crippen LogP contribution in [0.15, 0.2) is 0 Å². The number of amides is 16. The number of nitrogens with one attached hydrogen (secondary N) is 17. The van der Waals surface area contributed by atoms with E-state index in [4.69, 9.17) is 41.6 Å². The first kappa shape index (κ1) is 96.1. The minimum Gasteiger partial charge on any atom is -0.481 e. The summed E-state index contributed by atoms with van der Waals surface area (Å²) in [6.45, 7) is 3.15. The van der Waals surface area contributed by atoms with E-state index in [-0.39, 0.29) is 178 Å². The Labute approximate surface area is 653 Å². The number of hydrogen-bond donors (Lipinski definition) is 22. The molecule has 3 heterocycles. The van der Waals surface area contributed by atoms with Crippen molar-refractivity contribution in [3.05, 3.63) is 0 Å². The molecule has 3 aliphatic heterocycles. The van der Waals surface area contributed by atoms with E-state index < -0.39 is 157 Å². The van der Waals surface area contributed by atoms with E-state index in [1.807, 2.05) is 11.8 Å². The molecule has 3 aliphatic rings.